The Kier molecular flexibility index (Phi) is 5.63. The maximum atomic E-state index is 13.3. The molecule has 1 N–H and O–H groups in total. The predicted molar refractivity (Wildman–Crippen MR) is 129 cm³/mol. The molecule has 0 bridgehead atoms. The van der Waals surface area contributed by atoms with E-state index in [0.29, 0.717) is 33.2 Å². The summed E-state index contributed by atoms with van der Waals surface area (Å²) in [5, 5.41) is 12.4. The van der Waals surface area contributed by atoms with E-state index in [1.54, 1.807) is 61.5 Å². The summed E-state index contributed by atoms with van der Waals surface area (Å²) in [5.74, 6) is -1.43. The average Bonchev–Trinajstić information content (AvgIpc) is 3.45. The van der Waals surface area contributed by atoms with Gasteiger partial charge in [0.05, 0.1) is 17.7 Å². The van der Waals surface area contributed by atoms with Crippen LogP contribution in [-0.2, 0) is 16.1 Å². The van der Waals surface area contributed by atoms with E-state index in [4.69, 9.17) is 16.0 Å². The molecule has 176 valence electrons. The highest BCUT2D eigenvalue weighted by Gasteiger charge is 2.35. The number of nitrogens with one attached hydrogen (secondary N) is 1. The number of halogens is 1. The van der Waals surface area contributed by atoms with E-state index in [2.05, 4.69) is 5.32 Å². The lowest BCUT2D eigenvalue weighted by molar-refractivity contribution is -0.141. The summed E-state index contributed by atoms with van der Waals surface area (Å²) >= 11 is 5.93. The van der Waals surface area contributed by atoms with Gasteiger partial charge in [-0.2, -0.15) is 5.26 Å². The Morgan fingerprint density at radius 2 is 1.69 bits per heavy atom. The van der Waals surface area contributed by atoms with E-state index in [1.807, 2.05) is 6.07 Å². The number of hydrogen-bond acceptors (Lipinski definition) is 6. The fraction of sp³-hybridized carbons (Fsp3) is 0.0741. The minimum Gasteiger partial charge on any atom is -0.457 e. The van der Waals surface area contributed by atoms with Gasteiger partial charge < -0.3 is 4.42 Å². The Hall–Kier alpha value is -4.74. The monoisotopic (exact) mass is 497 g/mol. The number of hydrogen-bond donors (Lipinski definition) is 1. The molecule has 0 aliphatic carbocycles. The van der Waals surface area contributed by atoms with Gasteiger partial charge in [0.1, 0.15) is 23.2 Å². The first-order valence-electron chi connectivity index (χ1n) is 10.8. The summed E-state index contributed by atoms with van der Waals surface area (Å²) < 4.78 is 5.88. The number of furan rings is 1. The number of rotatable bonds is 4. The molecule has 36 heavy (non-hydrogen) atoms. The summed E-state index contributed by atoms with van der Waals surface area (Å²) in [6.07, 6.45) is 1.48. The third-order valence-corrected chi connectivity index (χ3v) is 6.27. The molecule has 0 radical (unpaired) electrons. The van der Waals surface area contributed by atoms with Gasteiger partial charge in [0, 0.05) is 16.2 Å². The van der Waals surface area contributed by atoms with Crippen LogP contribution in [0.3, 0.4) is 0 Å². The van der Waals surface area contributed by atoms with Crippen molar-refractivity contribution in [2.24, 2.45) is 0 Å². The molecule has 2 aromatic carbocycles. The Labute approximate surface area is 210 Å². The molecule has 2 aliphatic heterocycles. The standard InChI is InChI=1S/C27H16ClN3O5/c1-14-20(26(34)31(27(35)22(14)12-29)13-15-2-5-17(28)6-3-15)11-18-7-9-23(36-18)16-4-8-19-21(10-16)25(33)30-24(19)32/h2-11H,13H2,1H3,(H,30,32,33)/b20-11+. The lowest BCUT2D eigenvalue weighted by Gasteiger charge is -2.27. The number of imide groups is 2. The highest BCUT2D eigenvalue weighted by Crippen LogP contribution is 2.31. The van der Waals surface area contributed by atoms with Crippen molar-refractivity contribution >= 4 is 41.3 Å². The van der Waals surface area contributed by atoms with Crippen molar-refractivity contribution in [2.45, 2.75) is 13.5 Å². The van der Waals surface area contributed by atoms with Gasteiger partial charge in [0.15, 0.2) is 0 Å². The summed E-state index contributed by atoms with van der Waals surface area (Å²) in [4.78, 5) is 51.0. The molecule has 4 amide bonds. The molecule has 8 nitrogen and oxygen atoms in total. The molecule has 1 aromatic heterocycles. The largest absolute Gasteiger partial charge is 0.457 e. The van der Waals surface area contributed by atoms with Crippen LogP contribution in [0.25, 0.3) is 17.4 Å². The molecule has 2 aliphatic rings. The smallest absolute Gasteiger partial charge is 0.271 e. The van der Waals surface area contributed by atoms with Gasteiger partial charge in [0.25, 0.3) is 23.6 Å². The lowest BCUT2D eigenvalue weighted by Crippen LogP contribution is -2.42. The highest BCUT2D eigenvalue weighted by molar-refractivity contribution is 6.30. The molecule has 3 aromatic rings. The Bertz CT molecular complexity index is 1590. The van der Waals surface area contributed by atoms with E-state index in [-0.39, 0.29) is 28.8 Å². The highest BCUT2D eigenvalue weighted by atomic mass is 35.5. The van der Waals surface area contributed by atoms with Crippen LogP contribution < -0.4 is 5.32 Å². The van der Waals surface area contributed by atoms with Crippen LogP contribution in [-0.4, -0.2) is 28.5 Å². The van der Waals surface area contributed by atoms with Gasteiger partial charge in [-0.25, -0.2) is 0 Å². The van der Waals surface area contributed by atoms with Crippen LogP contribution in [0.1, 0.15) is 39.0 Å². The number of fused-ring (bicyclic) bond motifs is 1. The van der Waals surface area contributed by atoms with Crippen LogP contribution in [0, 0.1) is 11.3 Å². The Morgan fingerprint density at radius 3 is 2.42 bits per heavy atom. The Morgan fingerprint density at radius 1 is 0.972 bits per heavy atom. The first-order valence-corrected chi connectivity index (χ1v) is 11.2. The van der Waals surface area contributed by atoms with E-state index < -0.39 is 23.6 Å². The molecule has 5 rings (SSSR count). The number of amides is 4. The maximum Gasteiger partial charge on any atom is 0.271 e. The van der Waals surface area contributed by atoms with Crippen LogP contribution in [0.4, 0.5) is 0 Å². The van der Waals surface area contributed by atoms with E-state index >= 15 is 0 Å². The van der Waals surface area contributed by atoms with Gasteiger partial charge in [-0.05, 0) is 60.5 Å². The molecule has 3 heterocycles. The molecule has 0 fully saturated rings. The number of carbonyl (C=O) groups excluding carboxylic acids is 4. The van der Waals surface area contributed by atoms with Crippen molar-refractivity contribution in [3.63, 3.8) is 0 Å². The molecule has 0 saturated heterocycles. The van der Waals surface area contributed by atoms with Crippen molar-refractivity contribution in [1.29, 1.82) is 5.26 Å². The zero-order valence-electron chi connectivity index (χ0n) is 18.8. The number of nitriles is 1. The molecular formula is C27H16ClN3O5. The molecule has 0 saturated carbocycles. The fourth-order valence-electron chi connectivity index (χ4n) is 4.09. The minimum absolute atomic E-state index is 0.0239. The van der Waals surface area contributed by atoms with Gasteiger partial charge in [-0.15, -0.1) is 0 Å². The van der Waals surface area contributed by atoms with Crippen molar-refractivity contribution in [3.05, 3.63) is 98.8 Å². The van der Waals surface area contributed by atoms with Crippen molar-refractivity contribution in [1.82, 2.24) is 10.2 Å². The van der Waals surface area contributed by atoms with Gasteiger partial charge in [-0.1, -0.05) is 29.8 Å². The van der Waals surface area contributed by atoms with Gasteiger partial charge in [-0.3, -0.25) is 29.4 Å². The van der Waals surface area contributed by atoms with Crippen molar-refractivity contribution < 1.29 is 23.6 Å². The van der Waals surface area contributed by atoms with Gasteiger partial charge in [0.2, 0.25) is 0 Å². The zero-order chi connectivity index (χ0) is 25.6. The van der Waals surface area contributed by atoms with Gasteiger partial charge >= 0.3 is 0 Å². The summed E-state index contributed by atoms with van der Waals surface area (Å²) in [6, 6.07) is 16.7. The summed E-state index contributed by atoms with van der Waals surface area (Å²) in [5.41, 5.74) is 2.08. The van der Waals surface area contributed by atoms with E-state index in [9.17, 15) is 24.4 Å². The quantitative estimate of drug-likeness (QED) is 0.424. The number of carbonyl (C=O) groups is 4. The van der Waals surface area contributed by atoms with Crippen LogP contribution >= 0.6 is 11.6 Å². The number of nitrogens with zero attached hydrogens (tertiary/aromatic N) is 2. The summed E-state index contributed by atoms with van der Waals surface area (Å²) in [6.45, 7) is 1.52. The maximum absolute atomic E-state index is 13.3. The molecule has 0 spiro atoms. The normalized spacial score (nSPS) is 16.5. The minimum atomic E-state index is -0.668. The SMILES string of the molecule is CC1=C(C#N)C(=O)N(Cc2ccc(Cl)cc2)C(=O)/C1=C/c1ccc(-c2ccc3c(c2)C(=O)NC3=O)o1. The lowest BCUT2D eigenvalue weighted by atomic mass is 9.94. The van der Waals surface area contributed by atoms with Crippen molar-refractivity contribution in [3.8, 4) is 17.4 Å². The third-order valence-electron chi connectivity index (χ3n) is 6.01. The molecular weight excluding hydrogens is 482 g/mol. The first-order chi connectivity index (χ1) is 17.3. The van der Waals surface area contributed by atoms with Crippen molar-refractivity contribution in [2.75, 3.05) is 0 Å². The molecule has 0 unspecified atom stereocenters. The van der Waals surface area contributed by atoms with Crippen LogP contribution in [0.5, 0.6) is 0 Å². The third kappa shape index (κ3) is 3.91. The van der Waals surface area contributed by atoms with E-state index in [1.165, 1.54) is 6.08 Å². The second-order valence-corrected chi connectivity index (χ2v) is 8.67. The topological polar surface area (TPSA) is 120 Å². The first kappa shape index (κ1) is 23.0. The second-order valence-electron chi connectivity index (χ2n) is 8.24. The number of benzene rings is 2. The average molecular weight is 498 g/mol. The van der Waals surface area contributed by atoms with E-state index in [0.717, 1.165) is 4.90 Å². The molecule has 9 heteroatoms. The zero-order valence-corrected chi connectivity index (χ0v) is 19.6. The van der Waals surface area contributed by atoms with Crippen LogP contribution in [0.2, 0.25) is 5.02 Å². The van der Waals surface area contributed by atoms with Crippen LogP contribution in [0.15, 0.2) is 75.7 Å². The fourth-order valence-corrected chi connectivity index (χ4v) is 4.22. The predicted octanol–water partition coefficient (Wildman–Crippen LogP) is 4.28. The Balaban J connectivity index is 1.49. The molecule has 0 atom stereocenters. The summed E-state index contributed by atoms with van der Waals surface area (Å²) in [7, 11) is 0. The second kappa shape index (κ2) is 8.80.